The maximum absolute atomic E-state index is 3.48. The minimum absolute atomic E-state index is 0.572. The van der Waals surface area contributed by atoms with Gasteiger partial charge in [0.05, 0.1) is 11.3 Å². The summed E-state index contributed by atoms with van der Waals surface area (Å²) in [7, 11) is 0. The Balaban J connectivity index is 2.11. The van der Waals surface area contributed by atoms with Crippen molar-refractivity contribution in [2.24, 2.45) is 0 Å². The van der Waals surface area contributed by atoms with Crippen molar-refractivity contribution in [3.63, 3.8) is 0 Å². The highest BCUT2D eigenvalue weighted by Gasteiger charge is 2.34. The van der Waals surface area contributed by atoms with Crippen LogP contribution >= 0.6 is 23.1 Å². The molecule has 3 heterocycles. The van der Waals surface area contributed by atoms with Gasteiger partial charge in [0.2, 0.25) is 0 Å². The number of hydrogen-bond acceptors (Lipinski definition) is 3. The summed E-state index contributed by atoms with van der Waals surface area (Å²) in [6.45, 7) is 0. The van der Waals surface area contributed by atoms with Crippen LogP contribution in [0.5, 0.6) is 0 Å². The number of thiophene rings is 1. The molecule has 11 heavy (non-hydrogen) atoms. The van der Waals surface area contributed by atoms with E-state index in [1.807, 2.05) is 23.1 Å². The minimum atomic E-state index is 0.572. The summed E-state index contributed by atoms with van der Waals surface area (Å²) in [6, 6.07) is 2.75. The molecule has 1 N–H and O–H groups in total. The summed E-state index contributed by atoms with van der Waals surface area (Å²) in [5.74, 6) is 0. The zero-order valence-corrected chi connectivity index (χ0v) is 7.41. The molecule has 0 radical (unpaired) electrons. The van der Waals surface area contributed by atoms with Gasteiger partial charge in [-0.25, -0.2) is 0 Å². The van der Waals surface area contributed by atoms with Gasteiger partial charge in [0, 0.05) is 10.6 Å². The van der Waals surface area contributed by atoms with Crippen LogP contribution in [0.1, 0.15) is 10.1 Å². The molecule has 2 unspecified atom stereocenters. The Labute approximate surface area is 73.5 Å². The van der Waals surface area contributed by atoms with E-state index in [0.717, 1.165) is 0 Å². The molecule has 3 heteroatoms. The molecule has 0 spiro atoms. The van der Waals surface area contributed by atoms with Crippen LogP contribution in [0, 0.1) is 0 Å². The SMILES string of the molecule is C1=CC2Nc3ccsc3C2S1. The van der Waals surface area contributed by atoms with Crippen molar-refractivity contribution < 1.29 is 0 Å². The number of thioether (sulfide) groups is 1. The minimum Gasteiger partial charge on any atom is -0.376 e. The van der Waals surface area contributed by atoms with Crippen molar-refractivity contribution in [2.75, 3.05) is 5.32 Å². The van der Waals surface area contributed by atoms with Gasteiger partial charge in [-0.05, 0) is 16.9 Å². The first-order valence-corrected chi connectivity index (χ1v) is 5.43. The predicted molar refractivity (Wildman–Crippen MR) is 51.2 cm³/mol. The fourth-order valence-corrected chi connectivity index (χ4v) is 3.82. The number of anilines is 1. The van der Waals surface area contributed by atoms with Crippen molar-refractivity contribution in [1.29, 1.82) is 0 Å². The summed E-state index contributed by atoms with van der Waals surface area (Å²) < 4.78 is 0. The van der Waals surface area contributed by atoms with Crippen LogP contribution in [0.4, 0.5) is 5.69 Å². The van der Waals surface area contributed by atoms with E-state index < -0.39 is 0 Å². The van der Waals surface area contributed by atoms with Gasteiger partial charge in [-0.15, -0.1) is 23.1 Å². The summed E-state index contributed by atoms with van der Waals surface area (Å²) in [5.41, 5.74) is 1.35. The summed E-state index contributed by atoms with van der Waals surface area (Å²) in [6.07, 6.45) is 2.25. The lowest BCUT2D eigenvalue weighted by Crippen LogP contribution is -2.11. The summed E-state index contributed by atoms with van der Waals surface area (Å²) in [5, 5.41) is 8.51. The Kier molecular flexibility index (Phi) is 1.14. The van der Waals surface area contributed by atoms with E-state index in [4.69, 9.17) is 0 Å². The summed E-state index contributed by atoms with van der Waals surface area (Å²) in [4.78, 5) is 1.52. The second-order valence-corrected chi connectivity index (χ2v) is 4.75. The lowest BCUT2D eigenvalue weighted by Gasteiger charge is -2.06. The predicted octanol–water partition coefficient (Wildman–Crippen LogP) is 2.84. The van der Waals surface area contributed by atoms with Gasteiger partial charge in [-0.3, -0.25) is 0 Å². The topological polar surface area (TPSA) is 12.0 Å². The first-order valence-electron chi connectivity index (χ1n) is 3.61. The van der Waals surface area contributed by atoms with Gasteiger partial charge < -0.3 is 5.32 Å². The quantitative estimate of drug-likeness (QED) is 0.660. The number of hydrogen-bond donors (Lipinski definition) is 1. The van der Waals surface area contributed by atoms with Crippen LogP contribution in [0.25, 0.3) is 0 Å². The highest BCUT2D eigenvalue weighted by molar-refractivity contribution is 8.02. The maximum atomic E-state index is 3.48. The van der Waals surface area contributed by atoms with Gasteiger partial charge in [0.15, 0.2) is 0 Å². The number of rotatable bonds is 0. The van der Waals surface area contributed by atoms with Gasteiger partial charge in [0.1, 0.15) is 0 Å². The number of nitrogens with one attached hydrogen (secondary N) is 1. The van der Waals surface area contributed by atoms with E-state index in [9.17, 15) is 0 Å². The molecule has 1 aromatic rings. The molecule has 0 aromatic carbocycles. The average Bonchev–Trinajstić information content (AvgIpc) is 2.52. The largest absolute Gasteiger partial charge is 0.376 e. The van der Waals surface area contributed by atoms with Crippen molar-refractivity contribution in [3.8, 4) is 0 Å². The molecule has 3 rings (SSSR count). The van der Waals surface area contributed by atoms with E-state index in [1.54, 1.807) is 0 Å². The zero-order chi connectivity index (χ0) is 7.26. The lowest BCUT2D eigenvalue weighted by molar-refractivity contribution is 0.927. The fourth-order valence-electron chi connectivity index (χ4n) is 1.59. The van der Waals surface area contributed by atoms with Crippen molar-refractivity contribution in [2.45, 2.75) is 11.3 Å². The van der Waals surface area contributed by atoms with Crippen molar-refractivity contribution >= 4 is 28.8 Å². The third kappa shape index (κ3) is 0.726. The smallest absolute Gasteiger partial charge is 0.0690 e. The highest BCUT2D eigenvalue weighted by atomic mass is 32.2. The first-order chi connectivity index (χ1) is 5.45. The van der Waals surface area contributed by atoms with E-state index in [2.05, 4.69) is 28.2 Å². The van der Waals surface area contributed by atoms with Gasteiger partial charge in [-0.2, -0.15) is 0 Å². The second kappa shape index (κ2) is 2.05. The van der Waals surface area contributed by atoms with Crippen LogP contribution in [0.3, 0.4) is 0 Å². The van der Waals surface area contributed by atoms with Crippen molar-refractivity contribution in [3.05, 3.63) is 27.8 Å². The molecule has 2 atom stereocenters. The third-order valence-corrected chi connectivity index (χ3v) is 4.40. The van der Waals surface area contributed by atoms with Crippen LogP contribution in [0.2, 0.25) is 0 Å². The molecule has 2 aliphatic rings. The fraction of sp³-hybridized carbons (Fsp3) is 0.250. The van der Waals surface area contributed by atoms with Crippen LogP contribution < -0.4 is 5.32 Å². The highest BCUT2D eigenvalue weighted by Crippen LogP contribution is 2.50. The first kappa shape index (κ1) is 6.14. The van der Waals surface area contributed by atoms with Gasteiger partial charge in [0.25, 0.3) is 0 Å². The Morgan fingerprint density at radius 3 is 3.45 bits per heavy atom. The Hall–Kier alpha value is -0.410. The van der Waals surface area contributed by atoms with E-state index in [-0.39, 0.29) is 0 Å². The monoisotopic (exact) mass is 181 g/mol. The molecule has 0 bridgehead atoms. The normalized spacial score (nSPS) is 31.6. The van der Waals surface area contributed by atoms with Gasteiger partial charge >= 0.3 is 0 Å². The molecule has 1 aromatic heterocycles. The Bertz CT molecular complexity index is 316. The zero-order valence-electron chi connectivity index (χ0n) is 5.78. The average molecular weight is 181 g/mol. The maximum Gasteiger partial charge on any atom is 0.0690 e. The Morgan fingerprint density at radius 2 is 2.45 bits per heavy atom. The van der Waals surface area contributed by atoms with Crippen LogP contribution in [-0.2, 0) is 0 Å². The molecular formula is C8H7NS2. The van der Waals surface area contributed by atoms with Crippen LogP contribution in [0.15, 0.2) is 22.9 Å². The standard InChI is InChI=1S/C8H7NS2/c1-3-10-7-5(1)9-6-2-4-11-8(6)7/h1-5,7,9H. The molecule has 0 saturated heterocycles. The van der Waals surface area contributed by atoms with Crippen molar-refractivity contribution in [1.82, 2.24) is 0 Å². The molecule has 56 valence electrons. The number of fused-ring (bicyclic) bond motifs is 3. The molecule has 2 aliphatic heterocycles. The lowest BCUT2D eigenvalue weighted by atomic mass is 10.2. The molecule has 0 amide bonds. The molecule has 0 aliphatic carbocycles. The molecular weight excluding hydrogens is 174 g/mol. The Morgan fingerprint density at radius 1 is 1.45 bits per heavy atom. The molecule has 0 fully saturated rings. The second-order valence-electron chi connectivity index (χ2n) is 2.75. The van der Waals surface area contributed by atoms with E-state index in [1.165, 1.54) is 10.6 Å². The van der Waals surface area contributed by atoms with Crippen LogP contribution in [-0.4, -0.2) is 6.04 Å². The van der Waals surface area contributed by atoms with E-state index in [0.29, 0.717) is 11.3 Å². The molecule has 1 nitrogen and oxygen atoms in total. The third-order valence-electron chi connectivity index (χ3n) is 2.11. The van der Waals surface area contributed by atoms with Gasteiger partial charge in [-0.1, -0.05) is 6.08 Å². The van der Waals surface area contributed by atoms with E-state index >= 15 is 0 Å². The molecule has 0 saturated carbocycles. The summed E-state index contributed by atoms with van der Waals surface area (Å²) >= 11 is 3.79.